The molecule has 0 atom stereocenters. The third-order valence-electron chi connectivity index (χ3n) is 2.40. The van der Waals surface area contributed by atoms with Crippen LogP contribution in [0.15, 0.2) is 35.1 Å². The van der Waals surface area contributed by atoms with E-state index in [1.54, 1.807) is 18.2 Å². The summed E-state index contributed by atoms with van der Waals surface area (Å²) < 4.78 is 5.79. The Labute approximate surface area is 124 Å². The predicted molar refractivity (Wildman–Crippen MR) is 77.6 cm³/mol. The van der Waals surface area contributed by atoms with Crippen molar-refractivity contribution >= 4 is 33.4 Å². The fraction of sp³-hybridized carbons (Fsp3) is 0.154. The van der Waals surface area contributed by atoms with E-state index in [-0.39, 0.29) is 5.56 Å². The van der Waals surface area contributed by atoms with Crippen LogP contribution in [0, 0.1) is 0 Å². The van der Waals surface area contributed by atoms with Crippen molar-refractivity contribution in [3.8, 4) is 5.88 Å². The normalized spacial score (nSPS) is 10.1. The van der Waals surface area contributed by atoms with Crippen LogP contribution in [0.25, 0.3) is 0 Å². The predicted octanol–water partition coefficient (Wildman–Crippen LogP) is 3.08. The van der Waals surface area contributed by atoms with E-state index in [0.717, 1.165) is 0 Å². The number of rotatable bonds is 5. The Morgan fingerprint density at radius 1 is 1.40 bits per heavy atom. The lowest BCUT2D eigenvalue weighted by Gasteiger charge is -2.08. The maximum atomic E-state index is 11.1. The molecule has 0 unspecified atom stereocenters. The fourth-order valence-corrected chi connectivity index (χ4v) is 1.97. The number of aromatic nitrogens is 2. The number of hydrogen-bond acceptors (Lipinski definition) is 5. The molecule has 7 heteroatoms. The van der Waals surface area contributed by atoms with Gasteiger partial charge in [-0.25, -0.2) is 14.8 Å². The molecule has 0 aliphatic heterocycles. The zero-order chi connectivity index (χ0) is 14.5. The summed E-state index contributed by atoms with van der Waals surface area (Å²) in [6.45, 7) is 2.38. The van der Waals surface area contributed by atoms with E-state index in [1.807, 2.05) is 6.92 Å². The average molecular weight is 338 g/mol. The minimum absolute atomic E-state index is 0.175. The first-order valence-corrected chi connectivity index (χ1v) is 6.64. The highest BCUT2D eigenvalue weighted by molar-refractivity contribution is 9.10. The number of carbonyl (C=O) groups is 1. The van der Waals surface area contributed by atoms with Gasteiger partial charge < -0.3 is 15.2 Å². The Hall–Kier alpha value is -2.15. The van der Waals surface area contributed by atoms with Crippen molar-refractivity contribution < 1.29 is 14.6 Å². The second kappa shape index (κ2) is 6.33. The van der Waals surface area contributed by atoms with E-state index in [9.17, 15) is 4.79 Å². The van der Waals surface area contributed by atoms with Gasteiger partial charge in [0, 0.05) is 16.2 Å². The van der Waals surface area contributed by atoms with E-state index in [4.69, 9.17) is 9.84 Å². The number of nitrogens with zero attached hydrogens (tertiary/aromatic N) is 2. The van der Waals surface area contributed by atoms with Gasteiger partial charge in [0.2, 0.25) is 5.88 Å². The minimum Gasteiger partial charge on any atom is -0.478 e. The molecule has 0 aliphatic carbocycles. The van der Waals surface area contributed by atoms with Crippen molar-refractivity contribution in [1.82, 2.24) is 9.97 Å². The summed E-state index contributed by atoms with van der Waals surface area (Å²) >= 11 is 3.19. The SMILES string of the molecule is CCOc1cc(Nc2ccc(Br)c(C(=O)O)c2)ncn1. The van der Waals surface area contributed by atoms with Crippen LogP contribution in [-0.4, -0.2) is 27.7 Å². The molecule has 0 radical (unpaired) electrons. The molecule has 1 aromatic heterocycles. The summed E-state index contributed by atoms with van der Waals surface area (Å²) in [5.74, 6) is -0.0131. The van der Waals surface area contributed by atoms with E-state index in [0.29, 0.717) is 28.5 Å². The number of anilines is 2. The molecule has 0 saturated heterocycles. The van der Waals surface area contributed by atoms with E-state index in [2.05, 4.69) is 31.2 Å². The molecule has 104 valence electrons. The quantitative estimate of drug-likeness (QED) is 0.872. The van der Waals surface area contributed by atoms with Crippen molar-refractivity contribution in [1.29, 1.82) is 0 Å². The van der Waals surface area contributed by atoms with Crippen molar-refractivity contribution in [2.24, 2.45) is 0 Å². The molecule has 1 aromatic carbocycles. The molecular weight excluding hydrogens is 326 g/mol. The van der Waals surface area contributed by atoms with Gasteiger partial charge in [0.15, 0.2) is 0 Å². The number of carboxylic acid groups (broad SMARTS) is 1. The Bertz CT molecular complexity index is 634. The number of hydrogen-bond donors (Lipinski definition) is 2. The second-order valence-corrected chi connectivity index (χ2v) is 4.65. The van der Waals surface area contributed by atoms with Crippen LogP contribution in [0.3, 0.4) is 0 Å². The van der Waals surface area contributed by atoms with E-state index < -0.39 is 5.97 Å². The summed E-state index contributed by atoms with van der Waals surface area (Å²) in [6, 6.07) is 6.58. The molecule has 0 aliphatic rings. The molecule has 2 rings (SSSR count). The first-order valence-electron chi connectivity index (χ1n) is 5.85. The molecule has 0 saturated carbocycles. The third kappa shape index (κ3) is 3.45. The highest BCUT2D eigenvalue weighted by Crippen LogP contribution is 2.23. The largest absolute Gasteiger partial charge is 0.478 e. The van der Waals surface area contributed by atoms with Gasteiger partial charge >= 0.3 is 5.97 Å². The topological polar surface area (TPSA) is 84.3 Å². The van der Waals surface area contributed by atoms with Crippen molar-refractivity contribution in [2.75, 3.05) is 11.9 Å². The first kappa shape index (κ1) is 14.3. The number of aromatic carboxylic acids is 1. The summed E-state index contributed by atoms with van der Waals surface area (Å²) in [6.07, 6.45) is 1.38. The smallest absolute Gasteiger partial charge is 0.336 e. The lowest BCUT2D eigenvalue weighted by atomic mass is 10.2. The molecule has 2 aromatic rings. The van der Waals surface area contributed by atoms with Crippen LogP contribution in [0.4, 0.5) is 11.5 Å². The number of nitrogens with one attached hydrogen (secondary N) is 1. The number of benzene rings is 1. The van der Waals surface area contributed by atoms with Gasteiger partial charge in [0.05, 0.1) is 12.2 Å². The molecule has 0 spiro atoms. The van der Waals surface area contributed by atoms with Gasteiger partial charge in [-0.3, -0.25) is 0 Å². The zero-order valence-corrected chi connectivity index (χ0v) is 12.2. The lowest BCUT2D eigenvalue weighted by Crippen LogP contribution is -2.01. The molecule has 1 heterocycles. The molecule has 6 nitrogen and oxygen atoms in total. The molecule has 0 fully saturated rings. The Balaban J connectivity index is 2.23. The maximum absolute atomic E-state index is 11.1. The van der Waals surface area contributed by atoms with Gasteiger partial charge in [-0.2, -0.15) is 0 Å². The standard InChI is InChI=1S/C13H12BrN3O3/c1-2-20-12-6-11(15-7-16-12)17-8-3-4-10(14)9(5-8)13(18)19/h3-7H,2H2,1H3,(H,18,19)(H,15,16,17). The first-order chi connectivity index (χ1) is 9.60. The van der Waals surface area contributed by atoms with E-state index in [1.165, 1.54) is 12.4 Å². The molecule has 20 heavy (non-hydrogen) atoms. The average Bonchev–Trinajstić information content (AvgIpc) is 2.41. The maximum Gasteiger partial charge on any atom is 0.336 e. The fourth-order valence-electron chi connectivity index (χ4n) is 1.55. The Morgan fingerprint density at radius 3 is 2.90 bits per heavy atom. The van der Waals surface area contributed by atoms with Gasteiger partial charge in [-0.15, -0.1) is 0 Å². The van der Waals surface area contributed by atoms with Crippen LogP contribution >= 0.6 is 15.9 Å². The van der Waals surface area contributed by atoms with Gasteiger partial charge in [0.1, 0.15) is 12.1 Å². The monoisotopic (exact) mass is 337 g/mol. The summed E-state index contributed by atoms with van der Waals surface area (Å²) in [5, 5.41) is 12.1. The molecular formula is C13H12BrN3O3. The molecule has 0 bridgehead atoms. The van der Waals surface area contributed by atoms with Crippen LogP contribution < -0.4 is 10.1 Å². The van der Waals surface area contributed by atoms with Crippen LogP contribution in [-0.2, 0) is 0 Å². The Morgan fingerprint density at radius 2 is 2.20 bits per heavy atom. The highest BCUT2D eigenvalue weighted by atomic mass is 79.9. The van der Waals surface area contributed by atoms with Crippen molar-refractivity contribution in [3.05, 3.63) is 40.6 Å². The van der Waals surface area contributed by atoms with Crippen molar-refractivity contribution in [2.45, 2.75) is 6.92 Å². The van der Waals surface area contributed by atoms with Crippen LogP contribution in [0.5, 0.6) is 5.88 Å². The van der Waals surface area contributed by atoms with E-state index >= 15 is 0 Å². The number of carboxylic acids is 1. The Kier molecular flexibility index (Phi) is 4.52. The lowest BCUT2D eigenvalue weighted by molar-refractivity contribution is 0.0696. The van der Waals surface area contributed by atoms with Crippen LogP contribution in [0.2, 0.25) is 0 Å². The number of halogens is 1. The molecule has 2 N–H and O–H groups in total. The third-order valence-corrected chi connectivity index (χ3v) is 3.09. The van der Waals surface area contributed by atoms with Crippen LogP contribution in [0.1, 0.15) is 17.3 Å². The zero-order valence-electron chi connectivity index (χ0n) is 10.6. The van der Waals surface area contributed by atoms with Gasteiger partial charge in [-0.1, -0.05) is 0 Å². The highest BCUT2D eigenvalue weighted by Gasteiger charge is 2.09. The van der Waals surface area contributed by atoms with Crippen molar-refractivity contribution in [3.63, 3.8) is 0 Å². The number of ether oxygens (including phenoxy) is 1. The van der Waals surface area contributed by atoms with Gasteiger partial charge in [-0.05, 0) is 41.1 Å². The summed E-state index contributed by atoms with van der Waals surface area (Å²) in [7, 11) is 0. The second-order valence-electron chi connectivity index (χ2n) is 3.80. The molecule has 0 amide bonds. The van der Waals surface area contributed by atoms with Gasteiger partial charge in [0.25, 0.3) is 0 Å². The summed E-state index contributed by atoms with van der Waals surface area (Å²) in [4.78, 5) is 19.1. The summed E-state index contributed by atoms with van der Waals surface area (Å²) in [5.41, 5.74) is 0.792. The minimum atomic E-state index is -1.00.